The van der Waals surface area contributed by atoms with Crippen molar-refractivity contribution in [1.29, 1.82) is 0 Å². The van der Waals surface area contributed by atoms with Crippen LogP contribution in [0.4, 0.5) is 4.79 Å². The number of methoxy groups -OCH3 is 2. The third-order valence-corrected chi connectivity index (χ3v) is 5.57. The molecule has 0 radical (unpaired) electrons. The molecule has 5 nitrogen and oxygen atoms in total. The number of amides is 1. The Balaban J connectivity index is 1.50. The van der Waals surface area contributed by atoms with Crippen LogP contribution < -0.4 is 9.47 Å². The number of benzene rings is 2. The SMILES string of the molecule is COc1ccc(C2=CC3CCC(C2)N3C(=O)OCc2ccccc2)c(OC)c1. The molecule has 0 N–H and O–H groups in total. The summed E-state index contributed by atoms with van der Waals surface area (Å²) in [6.07, 6.45) is 4.72. The Morgan fingerprint density at radius 1 is 1.07 bits per heavy atom. The predicted octanol–water partition coefficient (Wildman–Crippen LogP) is 4.66. The van der Waals surface area contributed by atoms with Gasteiger partial charge in [0.1, 0.15) is 18.1 Å². The van der Waals surface area contributed by atoms with E-state index in [1.807, 2.05) is 53.4 Å². The van der Waals surface area contributed by atoms with Gasteiger partial charge in [-0.1, -0.05) is 36.4 Å². The molecule has 28 heavy (non-hydrogen) atoms. The monoisotopic (exact) mass is 379 g/mol. The minimum absolute atomic E-state index is 0.0730. The molecule has 1 fully saturated rings. The molecule has 0 aliphatic carbocycles. The molecule has 5 heteroatoms. The van der Waals surface area contributed by atoms with E-state index in [0.29, 0.717) is 6.61 Å². The Hall–Kier alpha value is -2.95. The summed E-state index contributed by atoms with van der Waals surface area (Å²) in [6.45, 7) is 0.304. The second kappa shape index (κ2) is 7.97. The number of fused-ring (bicyclic) bond motifs is 2. The number of hydrogen-bond acceptors (Lipinski definition) is 4. The van der Waals surface area contributed by atoms with Crippen LogP contribution in [0, 0.1) is 0 Å². The maximum absolute atomic E-state index is 12.7. The minimum atomic E-state index is -0.228. The molecule has 0 aromatic heterocycles. The number of carbonyl (C=O) groups excluding carboxylic acids is 1. The number of ether oxygens (including phenoxy) is 3. The highest BCUT2D eigenvalue weighted by atomic mass is 16.6. The molecule has 1 amide bonds. The molecule has 2 heterocycles. The summed E-state index contributed by atoms with van der Waals surface area (Å²) in [5.74, 6) is 1.57. The molecule has 146 valence electrons. The molecular formula is C23H25NO4. The van der Waals surface area contributed by atoms with Gasteiger partial charge in [-0.05, 0) is 42.5 Å². The van der Waals surface area contributed by atoms with Crippen LogP contribution >= 0.6 is 0 Å². The number of rotatable bonds is 5. The van der Waals surface area contributed by atoms with Crippen LogP contribution in [0.3, 0.4) is 0 Å². The average molecular weight is 379 g/mol. The molecule has 2 aromatic rings. The van der Waals surface area contributed by atoms with Crippen molar-refractivity contribution in [3.63, 3.8) is 0 Å². The summed E-state index contributed by atoms with van der Waals surface area (Å²) in [6, 6.07) is 15.9. The lowest BCUT2D eigenvalue weighted by molar-refractivity contribution is 0.0832. The van der Waals surface area contributed by atoms with E-state index in [1.54, 1.807) is 14.2 Å². The van der Waals surface area contributed by atoms with Crippen molar-refractivity contribution in [1.82, 2.24) is 4.90 Å². The van der Waals surface area contributed by atoms with Crippen molar-refractivity contribution in [2.24, 2.45) is 0 Å². The smallest absolute Gasteiger partial charge is 0.410 e. The zero-order valence-electron chi connectivity index (χ0n) is 16.3. The van der Waals surface area contributed by atoms with Crippen LogP contribution in [0.25, 0.3) is 5.57 Å². The molecule has 2 aliphatic rings. The van der Waals surface area contributed by atoms with Crippen molar-refractivity contribution in [2.45, 2.75) is 38.0 Å². The zero-order valence-corrected chi connectivity index (χ0v) is 16.3. The van der Waals surface area contributed by atoms with Gasteiger partial charge in [-0.15, -0.1) is 0 Å². The molecule has 2 atom stereocenters. The van der Waals surface area contributed by atoms with E-state index >= 15 is 0 Å². The van der Waals surface area contributed by atoms with Gasteiger partial charge in [-0.3, -0.25) is 4.90 Å². The van der Waals surface area contributed by atoms with Crippen LogP contribution in [0.2, 0.25) is 0 Å². The highest BCUT2D eigenvalue weighted by molar-refractivity contribution is 5.77. The van der Waals surface area contributed by atoms with E-state index < -0.39 is 0 Å². The maximum Gasteiger partial charge on any atom is 0.410 e. The Labute approximate surface area is 165 Å². The van der Waals surface area contributed by atoms with Crippen molar-refractivity contribution >= 4 is 11.7 Å². The molecule has 4 rings (SSSR count). The number of hydrogen-bond donors (Lipinski definition) is 0. The van der Waals surface area contributed by atoms with Crippen molar-refractivity contribution in [3.05, 3.63) is 65.7 Å². The molecule has 1 saturated heterocycles. The van der Waals surface area contributed by atoms with Crippen LogP contribution in [-0.2, 0) is 11.3 Å². The summed E-state index contributed by atoms with van der Waals surface area (Å²) >= 11 is 0. The van der Waals surface area contributed by atoms with Gasteiger partial charge in [0.15, 0.2) is 0 Å². The third-order valence-electron chi connectivity index (χ3n) is 5.57. The Bertz CT molecular complexity index is 877. The van der Waals surface area contributed by atoms with E-state index in [0.717, 1.165) is 41.9 Å². The zero-order chi connectivity index (χ0) is 19.5. The van der Waals surface area contributed by atoms with E-state index in [-0.39, 0.29) is 18.2 Å². The first kappa shape index (κ1) is 18.4. The van der Waals surface area contributed by atoms with Gasteiger partial charge in [-0.2, -0.15) is 0 Å². The Kier molecular flexibility index (Phi) is 5.24. The van der Waals surface area contributed by atoms with Crippen molar-refractivity contribution in [2.75, 3.05) is 14.2 Å². The van der Waals surface area contributed by atoms with Gasteiger partial charge in [0.25, 0.3) is 0 Å². The normalized spacial score (nSPS) is 20.5. The highest BCUT2D eigenvalue weighted by Crippen LogP contribution is 2.42. The summed E-state index contributed by atoms with van der Waals surface area (Å²) in [5, 5.41) is 0. The predicted molar refractivity (Wildman–Crippen MR) is 107 cm³/mol. The van der Waals surface area contributed by atoms with E-state index in [9.17, 15) is 4.79 Å². The lowest BCUT2D eigenvalue weighted by atomic mass is 9.94. The molecule has 2 unspecified atom stereocenters. The summed E-state index contributed by atoms with van der Waals surface area (Å²) in [5.41, 5.74) is 3.29. The van der Waals surface area contributed by atoms with Crippen LogP contribution in [0.15, 0.2) is 54.6 Å². The maximum atomic E-state index is 12.7. The van der Waals surface area contributed by atoms with Crippen LogP contribution in [-0.4, -0.2) is 37.3 Å². The molecule has 0 saturated carbocycles. The van der Waals surface area contributed by atoms with Gasteiger partial charge < -0.3 is 14.2 Å². The first-order chi connectivity index (χ1) is 13.7. The highest BCUT2D eigenvalue weighted by Gasteiger charge is 2.41. The second-order valence-electron chi connectivity index (χ2n) is 7.21. The first-order valence-electron chi connectivity index (χ1n) is 9.61. The molecule has 0 spiro atoms. The fraction of sp³-hybridized carbons (Fsp3) is 0.348. The Morgan fingerprint density at radius 3 is 2.61 bits per heavy atom. The summed E-state index contributed by atoms with van der Waals surface area (Å²) < 4.78 is 16.4. The Morgan fingerprint density at radius 2 is 1.89 bits per heavy atom. The lowest BCUT2D eigenvalue weighted by Crippen LogP contribution is -2.43. The summed E-state index contributed by atoms with van der Waals surface area (Å²) in [7, 11) is 3.32. The first-order valence-corrected chi connectivity index (χ1v) is 9.61. The van der Waals surface area contributed by atoms with Crippen molar-refractivity contribution in [3.8, 4) is 11.5 Å². The minimum Gasteiger partial charge on any atom is -0.497 e. The molecular weight excluding hydrogens is 354 g/mol. The van der Waals surface area contributed by atoms with Gasteiger partial charge in [0, 0.05) is 17.7 Å². The van der Waals surface area contributed by atoms with Gasteiger partial charge in [0.05, 0.1) is 20.3 Å². The fourth-order valence-corrected chi connectivity index (χ4v) is 4.17. The molecule has 2 aliphatic heterocycles. The van der Waals surface area contributed by atoms with E-state index in [1.165, 1.54) is 5.57 Å². The van der Waals surface area contributed by atoms with Gasteiger partial charge in [0.2, 0.25) is 0 Å². The topological polar surface area (TPSA) is 48.0 Å². The van der Waals surface area contributed by atoms with Crippen molar-refractivity contribution < 1.29 is 19.0 Å². The van der Waals surface area contributed by atoms with E-state index in [4.69, 9.17) is 14.2 Å². The summed E-state index contributed by atoms with van der Waals surface area (Å²) in [4.78, 5) is 14.6. The van der Waals surface area contributed by atoms with Crippen LogP contribution in [0.1, 0.15) is 30.4 Å². The fourth-order valence-electron chi connectivity index (χ4n) is 4.17. The lowest BCUT2D eigenvalue weighted by Gasteiger charge is -2.33. The molecule has 2 aromatic carbocycles. The van der Waals surface area contributed by atoms with Gasteiger partial charge >= 0.3 is 6.09 Å². The average Bonchev–Trinajstić information content (AvgIpc) is 3.01. The number of nitrogens with zero attached hydrogens (tertiary/aromatic N) is 1. The quantitative estimate of drug-likeness (QED) is 0.758. The van der Waals surface area contributed by atoms with E-state index in [2.05, 4.69) is 6.08 Å². The standard InChI is InChI=1S/C23H25NO4/c1-26-20-10-11-21(22(14-20)27-2)17-12-18-8-9-19(13-17)24(18)23(25)28-15-16-6-4-3-5-7-16/h3-7,10-12,14,18-19H,8-9,13,15H2,1-2H3. The number of carbonyl (C=O) groups is 1. The molecule has 2 bridgehead atoms. The second-order valence-corrected chi connectivity index (χ2v) is 7.21. The van der Waals surface area contributed by atoms with Gasteiger partial charge in [-0.25, -0.2) is 4.79 Å². The largest absolute Gasteiger partial charge is 0.497 e. The third kappa shape index (κ3) is 3.57. The van der Waals surface area contributed by atoms with Crippen LogP contribution in [0.5, 0.6) is 11.5 Å².